The number of aromatic nitrogens is 1. The van der Waals surface area contributed by atoms with Crippen molar-refractivity contribution in [3.8, 4) is 0 Å². The van der Waals surface area contributed by atoms with E-state index in [-0.39, 0.29) is 16.9 Å². The molecule has 2 rings (SSSR count). The van der Waals surface area contributed by atoms with Gasteiger partial charge in [-0.2, -0.15) is 0 Å². The van der Waals surface area contributed by atoms with Crippen LogP contribution in [0.4, 0.5) is 10.1 Å². The van der Waals surface area contributed by atoms with Crippen molar-refractivity contribution in [2.45, 2.75) is 0 Å². The Kier molecular flexibility index (Phi) is 2.70. The SMILES string of the molecule is O=C(c1ccc[nH]1)c1cc([N+](=O)[O-])ccc1F. The fourth-order valence-electron chi connectivity index (χ4n) is 1.42. The Bertz CT molecular complexity index is 578. The molecule has 1 N–H and O–H groups in total. The third kappa shape index (κ3) is 2.05. The van der Waals surface area contributed by atoms with Gasteiger partial charge in [-0.3, -0.25) is 14.9 Å². The minimum absolute atomic E-state index is 0.185. The molecule has 17 heavy (non-hydrogen) atoms. The number of hydrogen-bond donors (Lipinski definition) is 1. The van der Waals surface area contributed by atoms with Crippen molar-refractivity contribution in [2.75, 3.05) is 0 Å². The van der Waals surface area contributed by atoms with Crippen LogP contribution in [0.2, 0.25) is 0 Å². The van der Waals surface area contributed by atoms with Gasteiger partial charge in [-0.15, -0.1) is 0 Å². The van der Waals surface area contributed by atoms with Crippen LogP contribution in [0.15, 0.2) is 36.5 Å². The summed E-state index contributed by atoms with van der Waals surface area (Å²) in [6.07, 6.45) is 1.52. The molecule has 0 amide bonds. The molecule has 0 aliphatic heterocycles. The highest BCUT2D eigenvalue weighted by atomic mass is 19.1. The molecule has 0 saturated heterocycles. The molecular formula is C11H7FN2O3. The maximum atomic E-state index is 13.4. The van der Waals surface area contributed by atoms with Crippen LogP contribution in [0.3, 0.4) is 0 Å². The summed E-state index contributed by atoms with van der Waals surface area (Å²) in [7, 11) is 0. The Morgan fingerprint density at radius 1 is 1.35 bits per heavy atom. The number of carbonyl (C=O) groups is 1. The monoisotopic (exact) mass is 234 g/mol. The number of nitrogens with zero attached hydrogens (tertiary/aromatic N) is 1. The van der Waals surface area contributed by atoms with E-state index in [1.807, 2.05) is 0 Å². The molecule has 0 saturated carbocycles. The standard InChI is InChI=1S/C11H7FN2O3/c12-9-4-3-7(14(16)17)6-8(9)11(15)10-2-1-5-13-10/h1-6,13H. The number of halogens is 1. The average molecular weight is 234 g/mol. The number of non-ortho nitro benzene ring substituents is 1. The first kappa shape index (κ1) is 11.0. The number of H-pyrrole nitrogens is 1. The summed E-state index contributed by atoms with van der Waals surface area (Å²) in [6, 6.07) is 5.91. The first-order chi connectivity index (χ1) is 8.09. The minimum atomic E-state index is -0.782. The predicted octanol–water partition coefficient (Wildman–Crippen LogP) is 2.29. The molecule has 0 spiro atoms. The van der Waals surface area contributed by atoms with Crippen LogP contribution in [0.25, 0.3) is 0 Å². The summed E-state index contributed by atoms with van der Waals surface area (Å²) in [4.78, 5) is 24.3. The van der Waals surface area contributed by atoms with Crippen LogP contribution in [0.5, 0.6) is 0 Å². The van der Waals surface area contributed by atoms with E-state index >= 15 is 0 Å². The largest absolute Gasteiger partial charge is 0.359 e. The molecule has 2 aromatic rings. The zero-order chi connectivity index (χ0) is 12.4. The summed E-state index contributed by atoms with van der Waals surface area (Å²) in [5.41, 5.74) is -0.452. The van der Waals surface area contributed by atoms with Crippen LogP contribution in [-0.4, -0.2) is 15.7 Å². The summed E-state index contributed by atoms with van der Waals surface area (Å²) >= 11 is 0. The third-order valence-electron chi connectivity index (χ3n) is 2.25. The summed E-state index contributed by atoms with van der Waals surface area (Å²) in [5.74, 6) is -1.40. The molecule has 0 radical (unpaired) electrons. The summed E-state index contributed by atoms with van der Waals surface area (Å²) in [6.45, 7) is 0. The van der Waals surface area contributed by atoms with Crippen molar-refractivity contribution in [3.05, 3.63) is 63.7 Å². The quantitative estimate of drug-likeness (QED) is 0.503. The van der Waals surface area contributed by atoms with Gasteiger partial charge in [-0.25, -0.2) is 4.39 Å². The van der Waals surface area contributed by atoms with Gasteiger partial charge >= 0.3 is 0 Å². The molecule has 0 bridgehead atoms. The van der Waals surface area contributed by atoms with E-state index in [2.05, 4.69) is 4.98 Å². The number of hydrogen-bond acceptors (Lipinski definition) is 3. The molecule has 0 atom stereocenters. The Morgan fingerprint density at radius 2 is 2.12 bits per heavy atom. The zero-order valence-corrected chi connectivity index (χ0v) is 8.51. The number of carbonyl (C=O) groups excluding carboxylic acids is 1. The smallest absolute Gasteiger partial charge is 0.270 e. The van der Waals surface area contributed by atoms with E-state index in [9.17, 15) is 19.3 Å². The summed E-state index contributed by atoms with van der Waals surface area (Å²) < 4.78 is 13.4. The topological polar surface area (TPSA) is 76.0 Å². The molecule has 0 aliphatic rings. The second-order valence-electron chi connectivity index (χ2n) is 3.33. The number of nitrogens with one attached hydrogen (secondary N) is 1. The van der Waals surface area contributed by atoms with Gasteiger partial charge in [0, 0.05) is 18.3 Å². The van der Waals surface area contributed by atoms with Crippen molar-refractivity contribution in [1.82, 2.24) is 4.98 Å². The lowest BCUT2D eigenvalue weighted by atomic mass is 10.1. The Balaban J connectivity index is 2.48. The second kappa shape index (κ2) is 4.17. The normalized spacial score (nSPS) is 10.2. The predicted molar refractivity (Wildman–Crippen MR) is 57.3 cm³/mol. The number of aromatic amines is 1. The minimum Gasteiger partial charge on any atom is -0.359 e. The van der Waals surface area contributed by atoms with Crippen molar-refractivity contribution < 1.29 is 14.1 Å². The maximum absolute atomic E-state index is 13.4. The van der Waals surface area contributed by atoms with Crippen molar-refractivity contribution in [1.29, 1.82) is 0 Å². The lowest BCUT2D eigenvalue weighted by Gasteiger charge is -2.00. The highest BCUT2D eigenvalue weighted by molar-refractivity contribution is 6.08. The zero-order valence-electron chi connectivity index (χ0n) is 8.51. The van der Waals surface area contributed by atoms with Crippen LogP contribution in [0.1, 0.15) is 16.1 Å². The van der Waals surface area contributed by atoms with E-state index in [0.29, 0.717) is 0 Å². The molecule has 0 aliphatic carbocycles. The molecule has 6 heteroatoms. The number of benzene rings is 1. The fraction of sp³-hybridized carbons (Fsp3) is 0. The number of ketones is 1. The molecule has 5 nitrogen and oxygen atoms in total. The van der Waals surface area contributed by atoms with E-state index in [0.717, 1.165) is 18.2 Å². The first-order valence-corrected chi connectivity index (χ1v) is 4.71. The van der Waals surface area contributed by atoms with Crippen LogP contribution in [-0.2, 0) is 0 Å². The van der Waals surface area contributed by atoms with Crippen molar-refractivity contribution in [3.63, 3.8) is 0 Å². The van der Waals surface area contributed by atoms with Gasteiger partial charge in [-0.05, 0) is 18.2 Å². The Hall–Kier alpha value is -2.50. The highest BCUT2D eigenvalue weighted by Crippen LogP contribution is 2.19. The lowest BCUT2D eigenvalue weighted by molar-refractivity contribution is -0.384. The Labute approximate surface area is 95.0 Å². The molecule has 0 unspecified atom stereocenters. The highest BCUT2D eigenvalue weighted by Gasteiger charge is 2.18. The van der Waals surface area contributed by atoms with Gasteiger partial charge in [0.15, 0.2) is 0 Å². The Morgan fingerprint density at radius 3 is 2.71 bits per heavy atom. The van der Waals surface area contributed by atoms with Gasteiger partial charge < -0.3 is 4.98 Å². The van der Waals surface area contributed by atoms with E-state index in [1.54, 1.807) is 6.07 Å². The van der Waals surface area contributed by atoms with E-state index in [4.69, 9.17) is 0 Å². The van der Waals surface area contributed by atoms with Crippen molar-refractivity contribution in [2.24, 2.45) is 0 Å². The molecule has 0 fully saturated rings. The van der Waals surface area contributed by atoms with Gasteiger partial charge in [0.05, 0.1) is 16.2 Å². The molecule has 86 valence electrons. The second-order valence-corrected chi connectivity index (χ2v) is 3.33. The molecular weight excluding hydrogens is 227 g/mol. The molecule has 1 aromatic carbocycles. The van der Waals surface area contributed by atoms with Gasteiger partial charge in [-0.1, -0.05) is 0 Å². The van der Waals surface area contributed by atoms with Gasteiger partial charge in [0.25, 0.3) is 5.69 Å². The summed E-state index contributed by atoms with van der Waals surface area (Å²) in [5, 5.41) is 10.5. The lowest BCUT2D eigenvalue weighted by Crippen LogP contribution is -2.05. The third-order valence-corrected chi connectivity index (χ3v) is 2.25. The average Bonchev–Trinajstić information content (AvgIpc) is 2.81. The maximum Gasteiger partial charge on any atom is 0.270 e. The molecule has 1 aromatic heterocycles. The number of nitro benzene ring substituents is 1. The van der Waals surface area contributed by atoms with E-state index < -0.39 is 16.5 Å². The van der Waals surface area contributed by atoms with Crippen LogP contribution >= 0.6 is 0 Å². The molecule has 1 heterocycles. The van der Waals surface area contributed by atoms with Gasteiger partial charge in [0.1, 0.15) is 5.82 Å². The van der Waals surface area contributed by atoms with E-state index in [1.165, 1.54) is 12.3 Å². The first-order valence-electron chi connectivity index (χ1n) is 4.71. The number of nitro groups is 1. The van der Waals surface area contributed by atoms with Crippen LogP contribution < -0.4 is 0 Å². The van der Waals surface area contributed by atoms with Crippen LogP contribution in [0, 0.1) is 15.9 Å². The van der Waals surface area contributed by atoms with Crippen molar-refractivity contribution >= 4 is 11.5 Å². The number of rotatable bonds is 3. The van der Waals surface area contributed by atoms with Gasteiger partial charge in [0.2, 0.25) is 5.78 Å². The fourth-order valence-corrected chi connectivity index (χ4v) is 1.42.